The Labute approximate surface area is 178 Å². The summed E-state index contributed by atoms with van der Waals surface area (Å²) in [5.41, 5.74) is 1.67. The topological polar surface area (TPSA) is 45.7 Å². The van der Waals surface area contributed by atoms with E-state index in [0.29, 0.717) is 18.7 Å². The molecule has 2 rings (SSSR count). The standard InChI is InChI=1S/C18H22F3N3OS.HI/c1-2-22-17(24-11-16-4-3-9-26-16)23-10-14-5-7-15(8-6-14)12-25-13-18(19,20)21;/h3-9H,2,10-13H2,1H3,(H2,22,23,24);1H. The molecule has 0 fully saturated rings. The van der Waals surface area contributed by atoms with Crippen molar-refractivity contribution in [3.8, 4) is 0 Å². The van der Waals surface area contributed by atoms with Crippen LogP contribution < -0.4 is 10.6 Å². The van der Waals surface area contributed by atoms with Crippen molar-refractivity contribution >= 4 is 41.3 Å². The molecule has 1 aromatic carbocycles. The Bertz CT molecular complexity index is 676. The number of guanidine groups is 1. The molecule has 0 radical (unpaired) electrons. The number of aliphatic imine (C=N–C) groups is 1. The second-order valence-electron chi connectivity index (χ2n) is 5.55. The molecule has 4 nitrogen and oxygen atoms in total. The third-order valence-corrected chi connectivity index (χ3v) is 4.21. The number of ether oxygens (including phenoxy) is 1. The van der Waals surface area contributed by atoms with Gasteiger partial charge in [0.1, 0.15) is 6.61 Å². The fraction of sp³-hybridized carbons (Fsp3) is 0.389. The van der Waals surface area contributed by atoms with Crippen LogP contribution in [0.3, 0.4) is 0 Å². The summed E-state index contributed by atoms with van der Waals surface area (Å²) in [4.78, 5) is 5.75. The van der Waals surface area contributed by atoms with E-state index < -0.39 is 12.8 Å². The number of thiophene rings is 1. The van der Waals surface area contributed by atoms with Gasteiger partial charge in [0.05, 0.1) is 19.7 Å². The highest BCUT2D eigenvalue weighted by molar-refractivity contribution is 14.0. The van der Waals surface area contributed by atoms with Gasteiger partial charge in [0, 0.05) is 11.4 Å². The van der Waals surface area contributed by atoms with Crippen LogP contribution in [0.4, 0.5) is 13.2 Å². The highest BCUT2D eigenvalue weighted by Crippen LogP contribution is 2.16. The van der Waals surface area contributed by atoms with Crippen molar-refractivity contribution in [3.63, 3.8) is 0 Å². The van der Waals surface area contributed by atoms with Crippen molar-refractivity contribution < 1.29 is 17.9 Å². The number of benzene rings is 1. The van der Waals surface area contributed by atoms with Crippen LogP contribution in [-0.2, 0) is 24.4 Å². The van der Waals surface area contributed by atoms with Gasteiger partial charge in [-0.2, -0.15) is 13.2 Å². The average Bonchev–Trinajstić information content (AvgIpc) is 3.11. The normalized spacial score (nSPS) is 11.8. The Hall–Kier alpha value is -1.33. The van der Waals surface area contributed by atoms with Crippen LogP contribution in [0, 0.1) is 0 Å². The smallest absolute Gasteiger partial charge is 0.367 e. The van der Waals surface area contributed by atoms with E-state index in [0.717, 1.165) is 18.1 Å². The van der Waals surface area contributed by atoms with E-state index in [1.54, 1.807) is 23.5 Å². The van der Waals surface area contributed by atoms with Crippen LogP contribution in [0.25, 0.3) is 0 Å². The van der Waals surface area contributed by atoms with E-state index >= 15 is 0 Å². The van der Waals surface area contributed by atoms with Gasteiger partial charge in [0.15, 0.2) is 5.96 Å². The molecule has 0 aliphatic heterocycles. The van der Waals surface area contributed by atoms with Gasteiger partial charge >= 0.3 is 6.18 Å². The first-order chi connectivity index (χ1) is 12.5. The third kappa shape index (κ3) is 9.96. The number of hydrogen-bond donors (Lipinski definition) is 2. The zero-order chi connectivity index (χ0) is 18.8. The number of nitrogens with zero attached hydrogens (tertiary/aromatic N) is 1. The first-order valence-electron chi connectivity index (χ1n) is 8.23. The molecule has 0 saturated heterocycles. The molecule has 2 aromatic rings. The molecule has 0 amide bonds. The van der Waals surface area contributed by atoms with Crippen molar-refractivity contribution in [2.45, 2.75) is 32.8 Å². The van der Waals surface area contributed by atoms with Crippen LogP contribution in [0.1, 0.15) is 22.9 Å². The number of halogens is 4. The second kappa shape index (κ2) is 12.2. The lowest BCUT2D eigenvalue weighted by Crippen LogP contribution is -2.36. The predicted octanol–water partition coefficient (Wildman–Crippen LogP) is 4.70. The van der Waals surface area contributed by atoms with Gasteiger partial charge in [-0.05, 0) is 29.5 Å². The summed E-state index contributed by atoms with van der Waals surface area (Å²) < 4.78 is 40.8. The molecule has 1 aromatic heterocycles. The number of hydrogen-bond acceptors (Lipinski definition) is 3. The fourth-order valence-corrected chi connectivity index (χ4v) is 2.77. The van der Waals surface area contributed by atoms with Crippen LogP contribution >= 0.6 is 35.3 Å². The summed E-state index contributed by atoms with van der Waals surface area (Å²) in [5.74, 6) is 0.721. The Morgan fingerprint density at radius 1 is 1.11 bits per heavy atom. The van der Waals surface area contributed by atoms with E-state index in [1.807, 2.05) is 30.5 Å². The molecule has 2 N–H and O–H groups in total. The van der Waals surface area contributed by atoms with Crippen molar-refractivity contribution in [1.29, 1.82) is 0 Å². The molecule has 9 heteroatoms. The van der Waals surface area contributed by atoms with Gasteiger partial charge in [-0.3, -0.25) is 0 Å². The van der Waals surface area contributed by atoms with E-state index in [-0.39, 0.29) is 30.6 Å². The molecule has 0 aliphatic rings. The lowest BCUT2D eigenvalue weighted by molar-refractivity contribution is -0.176. The number of nitrogens with one attached hydrogen (secondary N) is 2. The predicted molar refractivity (Wildman–Crippen MR) is 114 cm³/mol. The lowest BCUT2D eigenvalue weighted by Gasteiger charge is -2.11. The van der Waals surface area contributed by atoms with Gasteiger partial charge in [0.25, 0.3) is 0 Å². The Balaban J connectivity index is 0.00000364. The third-order valence-electron chi connectivity index (χ3n) is 3.33. The highest BCUT2D eigenvalue weighted by atomic mass is 127. The average molecular weight is 513 g/mol. The molecule has 0 aliphatic carbocycles. The molecule has 0 spiro atoms. The summed E-state index contributed by atoms with van der Waals surface area (Å²) in [5, 5.41) is 8.48. The summed E-state index contributed by atoms with van der Waals surface area (Å²) in [6.45, 7) is 2.64. The number of alkyl halides is 3. The zero-order valence-corrected chi connectivity index (χ0v) is 18.0. The molecular weight excluding hydrogens is 490 g/mol. The molecule has 1 heterocycles. The minimum Gasteiger partial charge on any atom is -0.367 e. The molecule has 0 unspecified atom stereocenters. The van der Waals surface area contributed by atoms with Gasteiger partial charge in [-0.25, -0.2) is 4.99 Å². The Kier molecular flexibility index (Phi) is 10.7. The second-order valence-corrected chi connectivity index (χ2v) is 6.58. The van der Waals surface area contributed by atoms with Gasteiger partial charge in [-0.1, -0.05) is 30.3 Å². The van der Waals surface area contributed by atoms with Gasteiger partial charge in [0.2, 0.25) is 0 Å². The number of rotatable bonds is 8. The quantitative estimate of drug-likeness (QED) is 0.306. The minimum absolute atomic E-state index is 0. The lowest BCUT2D eigenvalue weighted by atomic mass is 10.1. The van der Waals surface area contributed by atoms with Crippen molar-refractivity contribution in [2.24, 2.45) is 4.99 Å². The van der Waals surface area contributed by atoms with Crippen molar-refractivity contribution in [3.05, 3.63) is 57.8 Å². The maximum absolute atomic E-state index is 12.1. The van der Waals surface area contributed by atoms with Crippen LogP contribution in [0.15, 0.2) is 46.8 Å². The fourth-order valence-electron chi connectivity index (χ4n) is 2.12. The Morgan fingerprint density at radius 3 is 2.41 bits per heavy atom. The molecule has 0 atom stereocenters. The molecule has 27 heavy (non-hydrogen) atoms. The first kappa shape index (κ1) is 23.7. The van der Waals surface area contributed by atoms with Crippen molar-refractivity contribution in [1.82, 2.24) is 10.6 Å². The molecular formula is C18H23F3IN3OS. The minimum atomic E-state index is -4.30. The van der Waals surface area contributed by atoms with E-state index in [9.17, 15) is 13.2 Å². The van der Waals surface area contributed by atoms with Crippen LogP contribution in [0.2, 0.25) is 0 Å². The summed E-state index contributed by atoms with van der Waals surface area (Å²) in [6, 6.07) is 11.3. The van der Waals surface area contributed by atoms with Gasteiger partial charge < -0.3 is 15.4 Å². The SMILES string of the molecule is CCNC(=NCc1ccc(COCC(F)(F)F)cc1)NCc1cccs1.I. The van der Waals surface area contributed by atoms with Gasteiger partial charge in [-0.15, -0.1) is 35.3 Å². The van der Waals surface area contributed by atoms with E-state index in [2.05, 4.69) is 26.4 Å². The maximum atomic E-state index is 12.1. The summed E-state index contributed by atoms with van der Waals surface area (Å²) in [7, 11) is 0. The monoisotopic (exact) mass is 513 g/mol. The summed E-state index contributed by atoms with van der Waals surface area (Å²) in [6.07, 6.45) is -4.30. The largest absolute Gasteiger partial charge is 0.411 e. The highest BCUT2D eigenvalue weighted by Gasteiger charge is 2.27. The molecule has 0 bridgehead atoms. The zero-order valence-electron chi connectivity index (χ0n) is 14.9. The van der Waals surface area contributed by atoms with E-state index in [4.69, 9.17) is 0 Å². The first-order valence-corrected chi connectivity index (χ1v) is 9.11. The molecule has 0 saturated carbocycles. The van der Waals surface area contributed by atoms with Crippen LogP contribution in [0.5, 0.6) is 0 Å². The van der Waals surface area contributed by atoms with E-state index in [1.165, 1.54) is 4.88 Å². The van der Waals surface area contributed by atoms with Crippen molar-refractivity contribution in [2.75, 3.05) is 13.2 Å². The maximum Gasteiger partial charge on any atom is 0.411 e. The molecule has 150 valence electrons. The Morgan fingerprint density at radius 2 is 1.81 bits per heavy atom. The van der Waals surface area contributed by atoms with Crippen LogP contribution in [-0.4, -0.2) is 25.3 Å². The summed E-state index contributed by atoms with van der Waals surface area (Å²) >= 11 is 1.68.